The van der Waals surface area contributed by atoms with Gasteiger partial charge in [0.05, 0.1) is 6.54 Å². The van der Waals surface area contributed by atoms with Crippen molar-refractivity contribution < 1.29 is 4.79 Å². The number of carbonyl (C=O) groups is 1. The van der Waals surface area contributed by atoms with Crippen molar-refractivity contribution in [1.82, 2.24) is 19.1 Å². The van der Waals surface area contributed by atoms with Crippen LogP contribution in [0.4, 0.5) is 11.9 Å². The first kappa shape index (κ1) is 20.7. The van der Waals surface area contributed by atoms with Gasteiger partial charge < -0.3 is 4.90 Å². The van der Waals surface area contributed by atoms with Crippen LogP contribution in [0.2, 0.25) is 5.02 Å². The molecule has 2 aromatic heterocycles. The van der Waals surface area contributed by atoms with E-state index in [0.29, 0.717) is 47.1 Å². The van der Waals surface area contributed by atoms with Crippen LogP contribution in [0.3, 0.4) is 0 Å². The molecule has 33 heavy (non-hydrogen) atoms. The topological polar surface area (TPSA) is 76.3 Å². The summed E-state index contributed by atoms with van der Waals surface area (Å²) >= 11 is 6.49. The van der Waals surface area contributed by atoms with Gasteiger partial charge in [0.1, 0.15) is 0 Å². The number of rotatable bonds is 4. The van der Waals surface area contributed by atoms with Crippen molar-refractivity contribution in [1.29, 1.82) is 0 Å². The number of piperidine rings is 1. The highest BCUT2D eigenvalue weighted by Gasteiger charge is 2.46. The maximum atomic E-state index is 13.6. The van der Waals surface area contributed by atoms with Crippen molar-refractivity contribution in [2.24, 2.45) is 12.5 Å². The molecule has 6 rings (SSSR count). The standard InChI is InChI=1S/C24H27ClN6O2/c1-28-21(33)19-20(26-22(28)30-13-4-8-18(30)32)27-23(29-12-5-9-24(15-29)10-11-24)31(19)14-16-6-2-3-7-17(16)25/h2-3,6-7H,4-5,8-15H2,1H3. The van der Waals surface area contributed by atoms with E-state index >= 15 is 0 Å². The van der Waals surface area contributed by atoms with Crippen LogP contribution in [0.15, 0.2) is 29.1 Å². The average Bonchev–Trinajstić information content (AvgIpc) is 3.24. The summed E-state index contributed by atoms with van der Waals surface area (Å²) in [5, 5.41) is 0.659. The summed E-state index contributed by atoms with van der Waals surface area (Å²) < 4.78 is 3.46. The Morgan fingerprint density at radius 3 is 2.55 bits per heavy atom. The van der Waals surface area contributed by atoms with Gasteiger partial charge in [-0.05, 0) is 49.1 Å². The minimum absolute atomic E-state index is 0.000667. The second kappa shape index (κ2) is 7.58. The maximum Gasteiger partial charge on any atom is 0.281 e. The van der Waals surface area contributed by atoms with E-state index in [0.717, 1.165) is 37.4 Å². The van der Waals surface area contributed by atoms with Gasteiger partial charge in [-0.3, -0.25) is 23.6 Å². The molecule has 1 aromatic carbocycles. The minimum atomic E-state index is -0.196. The van der Waals surface area contributed by atoms with E-state index in [4.69, 9.17) is 21.6 Å². The van der Waals surface area contributed by atoms with E-state index in [-0.39, 0.29) is 11.5 Å². The van der Waals surface area contributed by atoms with E-state index < -0.39 is 0 Å². The third-order valence-corrected chi connectivity index (χ3v) is 7.81. The summed E-state index contributed by atoms with van der Waals surface area (Å²) in [6.07, 6.45) is 6.15. The molecule has 2 aliphatic heterocycles. The molecule has 0 N–H and O–H groups in total. The summed E-state index contributed by atoms with van der Waals surface area (Å²) in [4.78, 5) is 39.5. The Morgan fingerprint density at radius 2 is 1.82 bits per heavy atom. The Kier molecular flexibility index (Phi) is 4.76. The van der Waals surface area contributed by atoms with Crippen LogP contribution in [-0.4, -0.2) is 44.6 Å². The molecule has 172 valence electrons. The third kappa shape index (κ3) is 3.42. The Labute approximate surface area is 196 Å². The fourth-order valence-corrected chi connectivity index (χ4v) is 5.59. The van der Waals surface area contributed by atoms with E-state index in [1.54, 1.807) is 11.9 Å². The summed E-state index contributed by atoms with van der Waals surface area (Å²) in [5.41, 5.74) is 1.98. The smallest absolute Gasteiger partial charge is 0.281 e. The Balaban J connectivity index is 1.53. The van der Waals surface area contributed by atoms with E-state index in [1.165, 1.54) is 23.8 Å². The minimum Gasteiger partial charge on any atom is -0.342 e. The van der Waals surface area contributed by atoms with Crippen LogP contribution in [-0.2, 0) is 18.4 Å². The monoisotopic (exact) mass is 466 g/mol. The zero-order chi connectivity index (χ0) is 22.7. The van der Waals surface area contributed by atoms with Gasteiger partial charge in [-0.2, -0.15) is 9.97 Å². The third-order valence-electron chi connectivity index (χ3n) is 7.44. The van der Waals surface area contributed by atoms with Crippen molar-refractivity contribution in [2.45, 2.75) is 45.1 Å². The normalized spacial score (nSPS) is 19.8. The molecule has 9 heteroatoms. The fourth-order valence-electron chi connectivity index (χ4n) is 5.39. The van der Waals surface area contributed by atoms with E-state index in [9.17, 15) is 9.59 Å². The van der Waals surface area contributed by atoms with Crippen molar-refractivity contribution in [3.05, 3.63) is 45.2 Å². The summed E-state index contributed by atoms with van der Waals surface area (Å²) in [5.74, 6) is 1.14. The van der Waals surface area contributed by atoms with E-state index in [2.05, 4.69) is 4.90 Å². The Hall–Kier alpha value is -2.87. The summed E-state index contributed by atoms with van der Waals surface area (Å²) in [7, 11) is 1.68. The number of hydrogen-bond donors (Lipinski definition) is 0. The van der Waals surface area contributed by atoms with Gasteiger partial charge in [0, 0.05) is 38.1 Å². The first-order valence-electron chi connectivity index (χ1n) is 11.7. The highest BCUT2D eigenvalue weighted by molar-refractivity contribution is 6.31. The molecule has 0 atom stereocenters. The van der Waals surface area contributed by atoms with Crippen molar-refractivity contribution in [3.8, 4) is 0 Å². The van der Waals surface area contributed by atoms with Gasteiger partial charge in [-0.15, -0.1) is 0 Å². The highest BCUT2D eigenvalue weighted by Crippen LogP contribution is 2.52. The molecule has 1 aliphatic carbocycles. The second-order valence-electron chi connectivity index (χ2n) is 9.71. The van der Waals surface area contributed by atoms with Crippen LogP contribution >= 0.6 is 11.6 Å². The van der Waals surface area contributed by atoms with Crippen LogP contribution < -0.4 is 15.4 Å². The zero-order valence-electron chi connectivity index (χ0n) is 18.8. The fraction of sp³-hybridized carbons (Fsp3) is 0.500. The maximum absolute atomic E-state index is 13.6. The number of fused-ring (bicyclic) bond motifs is 1. The molecular weight excluding hydrogens is 440 g/mol. The van der Waals surface area contributed by atoms with Crippen LogP contribution in [0.1, 0.15) is 44.1 Å². The number of nitrogens with zero attached hydrogens (tertiary/aromatic N) is 6. The molecule has 1 spiro atoms. The number of imidazole rings is 1. The lowest BCUT2D eigenvalue weighted by atomic mass is 9.95. The second-order valence-corrected chi connectivity index (χ2v) is 10.1. The van der Waals surface area contributed by atoms with Gasteiger partial charge in [0.25, 0.3) is 5.56 Å². The molecule has 3 aromatic rings. The lowest BCUT2D eigenvalue weighted by molar-refractivity contribution is -0.117. The molecule has 8 nitrogen and oxygen atoms in total. The molecular formula is C24H27ClN6O2. The van der Waals surface area contributed by atoms with Gasteiger partial charge >= 0.3 is 0 Å². The number of anilines is 2. The highest BCUT2D eigenvalue weighted by atomic mass is 35.5. The molecule has 4 heterocycles. The number of hydrogen-bond acceptors (Lipinski definition) is 5. The molecule has 1 amide bonds. The predicted molar refractivity (Wildman–Crippen MR) is 128 cm³/mol. The number of halogens is 1. The number of carbonyl (C=O) groups excluding carboxylic acids is 1. The molecule has 0 radical (unpaired) electrons. The number of aromatic nitrogens is 4. The summed E-state index contributed by atoms with van der Waals surface area (Å²) in [6, 6.07) is 7.70. The van der Waals surface area contributed by atoms with Crippen LogP contribution in [0, 0.1) is 5.41 Å². The van der Waals surface area contributed by atoms with Gasteiger partial charge in [-0.25, -0.2) is 0 Å². The van der Waals surface area contributed by atoms with Crippen molar-refractivity contribution >= 4 is 40.6 Å². The van der Waals surface area contributed by atoms with Crippen LogP contribution in [0.25, 0.3) is 11.2 Å². The number of benzene rings is 1. The molecule has 0 bridgehead atoms. The molecule has 3 fully saturated rings. The molecule has 1 saturated carbocycles. The average molecular weight is 467 g/mol. The first-order chi connectivity index (χ1) is 16.0. The van der Waals surface area contributed by atoms with Crippen molar-refractivity contribution in [3.63, 3.8) is 0 Å². The van der Waals surface area contributed by atoms with Gasteiger partial charge in [-0.1, -0.05) is 29.8 Å². The lowest BCUT2D eigenvalue weighted by Crippen LogP contribution is -2.38. The molecule has 3 aliphatic rings. The Morgan fingerprint density at radius 1 is 1.03 bits per heavy atom. The molecule has 0 unspecified atom stereocenters. The zero-order valence-corrected chi connectivity index (χ0v) is 19.5. The van der Waals surface area contributed by atoms with Crippen LogP contribution in [0.5, 0.6) is 0 Å². The molecule has 2 saturated heterocycles. The van der Waals surface area contributed by atoms with Crippen molar-refractivity contribution in [2.75, 3.05) is 29.4 Å². The first-order valence-corrected chi connectivity index (χ1v) is 12.1. The predicted octanol–water partition coefficient (Wildman–Crippen LogP) is 3.34. The quantitative estimate of drug-likeness (QED) is 0.589. The van der Waals surface area contributed by atoms with Gasteiger partial charge in [0.15, 0.2) is 11.2 Å². The Bertz CT molecular complexity index is 1320. The largest absolute Gasteiger partial charge is 0.342 e. The number of amides is 1. The SMILES string of the molecule is Cn1c(N2CCCC2=O)nc2nc(N3CCCC4(CC4)C3)n(Cc3ccccc3Cl)c2c1=O. The van der Waals surface area contributed by atoms with E-state index in [1.807, 2.05) is 28.8 Å². The lowest BCUT2D eigenvalue weighted by Gasteiger charge is -2.34. The summed E-state index contributed by atoms with van der Waals surface area (Å²) in [6.45, 7) is 2.88. The van der Waals surface area contributed by atoms with Gasteiger partial charge in [0.2, 0.25) is 17.8 Å².